The van der Waals surface area contributed by atoms with Gasteiger partial charge in [0.15, 0.2) is 0 Å². The average Bonchev–Trinajstić information content (AvgIpc) is 3.10. The number of hydrogen-bond acceptors (Lipinski definition) is 4. The smallest absolute Gasteiger partial charge is 0.326 e. The first kappa shape index (κ1) is 20.6. The summed E-state index contributed by atoms with van der Waals surface area (Å²) >= 11 is 0. The quantitative estimate of drug-likeness (QED) is 0.656. The molecule has 0 bridgehead atoms. The Morgan fingerprint density at radius 1 is 1.14 bits per heavy atom. The van der Waals surface area contributed by atoms with Crippen LogP contribution in [0.2, 0.25) is 0 Å². The van der Waals surface area contributed by atoms with Crippen molar-refractivity contribution >= 4 is 11.9 Å². The summed E-state index contributed by atoms with van der Waals surface area (Å²) in [5.74, 6) is 0.227. The molecule has 1 amide bonds. The lowest BCUT2D eigenvalue weighted by Crippen LogP contribution is -2.46. The molecule has 0 radical (unpaired) electrons. The van der Waals surface area contributed by atoms with Gasteiger partial charge in [-0.3, -0.25) is 4.79 Å². The molecule has 0 aromatic heterocycles. The highest BCUT2D eigenvalue weighted by Crippen LogP contribution is 2.40. The summed E-state index contributed by atoms with van der Waals surface area (Å²) in [7, 11) is 1.69. The van der Waals surface area contributed by atoms with Gasteiger partial charge in [-0.2, -0.15) is 0 Å². The number of amides is 1. The van der Waals surface area contributed by atoms with E-state index in [0.29, 0.717) is 38.4 Å². The summed E-state index contributed by atoms with van der Waals surface area (Å²) in [6.45, 7) is 1.14. The molecule has 2 aliphatic rings. The lowest BCUT2D eigenvalue weighted by molar-refractivity contribution is -0.150. The van der Waals surface area contributed by atoms with Crippen molar-refractivity contribution in [2.45, 2.75) is 63.5 Å². The van der Waals surface area contributed by atoms with Crippen LogP contribution in [-0.2, 0) is 20.7 Å². The molecule has 1 heterocycles. The molecule has 6 nitrogen and oxygen atoms in total. The third kappa shape index (κ3) is 5.04. The second-order valence-corrected chi connectivity index (χ2v) is 7.84. The molecule has 1 saturated carbocycles. The average molecular weight is 389 g/mol. The van der Waals surface area contributed by atoms with Gasteiger partial charge in [0, 0.05) is 19.6 Å². The maximum Gasteiger partial charge on any atom is 0.326 e. The van der Waals surface area contributed by atoms with E-state index in [1.807, 2.05) is 24.3 Å². The Morgan fingerprint density at radius 2 is 1.89 bits per heavy atom. The fourth-order valence-corrected chi connectivity index (χ4v) is 4.55. The third-order valence-electron chi connectivity index (χ3n) is 5.98. The highest BCUT2D eigenvalue weighted by molar-refractivity contribution is 5.84. The maximum atomic E-state index is 12.8. The van der Waals surface area contributed by atoms with Crippen LogP contribution in [0.4, 0.5) is 0 Å². The van der Waals surface area contributed by atoms with Gasteiger partial charge in [-0.15, -0.1) is 0 Å². The van der Waals surface area contributed by atoms with E-state index < -0.39 is 12.0 Å². The van der Waals surface area contributed by atoms with Crippen molar-refractivity contribution in [2.24, 2.45) is 5.92 Å². The molecule has 3 atom stereocenters. The summed E-state index contributed by atoms with van der Waals surface area (Å²) in [5, 5.41) is 9.55. The van der Waals surface area contributed by atoms with Gasteiger partial charge in [0.05, 0.1) is 13.2 Å². The Hall–Kier alpha value is -2.08. The second-order valence-electron chi connectivity index (χ2n) is 7.84. The number of hydrogen-bond donors (Lipinski definition) is 1. The Bertz CT molecular complexity index is 659. The van der Waals surface area contributed by atoms with Gasteiger partial charge in [0.1, 0.15) is 11.8 Å². The van der Waals surface area contributed by atoms with Crippen molar-refractivity contribution in [3.05, 3.63) is 29.8 Å². The van der Waals surface area contributed by atoms with Crippen LogP contribution in [-0.4, -0.2) is 54.3 Å². The van der Waals surface area contributed by atoms with E-state index in [0.717, 1.165) is 37.9 Å². The zero-order valence-electron chi connectivity index (χ0n) is 16.6. The molecule has 1 aliphatic carbocycles. The van der Waals surface area contributed by atoms with Crippen LogP contribution in [0.5, 0.6) is 5.75 Å². The first-order valence-electron chi connectivity index (χ1n) is 10.3. The second kappa shape index (κ2) is 9.92. The van der Waals surface area contributed by atoms with Crippen molar-refractivity contribution in [2.75, 3.05) is 20.3 Å². The summed E-state index contributed by atoms with van der Waals surface area (Å²) in [6.07, 6.45) is 6.61. The monoisotopic (exact) mass is 389 g/mol. The number of carboxylic acid groups (broad SMARTS) is 1. The summed E-state index contributed by atoms with van der Waals surface area (Å²) < 4.78 is 10.8. The molecule has 154 valence electrons. The van der Waals surface area contributed by atoms with E-state index in [2.05, 4.69) is 0 Å². The van der Waals surface area contributed by atoms with Crippen LogP contribution in [0.25, 0.3) is 0 Å². The van der Waals surface area contributed by atoms with Gasteiger partial charge in [-0.05, 0) is 55.7 Å². The van der Waals surface area contributed by atoms with Gasteiger partial charge in [-0.1, -0.05) is 25.0 Å². The third-order valence-corrected chi connectivity index (χ3v) is 5.98. The number of fused-ring (bicyclic) bond motifs is 1. The topological polar surface area (TPSA) is 76.1 Å². The van der Waals surface area contributed by atoms with Crippen LogP contribution >= 0.6 is 0 Å². The van der Waals surface area contributed by atoms with E-state index in [1.165, 1.54) is 5.56 Å². The van der Waals surface area contributed by atoms with Gasteiger partial charge >= 0.3 is 5.97 Å². The lowest BCUT2D eigenvalue weighted by atomic mass is 9.84. The van der Waals surface area contributed by atoms with Crippen molar-refractivity contribution in [1.82, 2.24) is 4.90 Å². The predicted octanol–water partition coefficient (Wildman–Crippen LogP) is 3.28. The SMILES string of the molecule is COCCc1ccc(OCCCC(=O)N2C(C(=O)O)CC3CCCCC32)cc1. The van der Waals surface area contributed by atoms with Gasteiger partial charge in [0.25, 0.3) is 0 Å². The summed E-state index contributed by atoms with van der Waals surface area (Å²) in [6, 6.07) is 7.36. The normalized spacial score (nSPS) is 24.0. The Labute approximate surface area is 166 Å². The first-order valence-corrected chi connectivity index (χ1v) is 10.3. The van der Waals surface area contributed by atoms with E-state index in [-0.39, 0.29) is 11.9 Å². The first-order chi connectivity index (χ1) is 13.6. The van der Waals surface area contributed by atoms with Crippen molar-refractivity contribution in [3.8, 4) is 5.75 Å². The molecular weight excluding hydrogens is 358 g/mol. The molecule has 1 aliphatic heterocycles. The molecule has 1 N–H and O–H groups in total. The maximum absolute atomic E-state index is 12.8. The standard InChI is InChI=1S/C22H31NO5/c1-27-14-12-16-8-10-18(11-9-16)28-13-4-7-21(24)23-19-6-3-2-5-17(19)15-20(23)22(25)26/h8-11,17,19-20H,2-7,12-15H2,1H3,(H,25,26). The number of rotatable bonds is 9. The highest BCUT2D eigenvalue weighted by atomic mass is 16.5. The fraction of sp³-hybridized carbons (Fsp3) is 0.636. The molecule has 2 fully saturated rings. The fourth-order valence-electron chi connectivity index (χ4n) is 4.55. The Balaban J connectivity index is 1.46. The van der Waals surface area contributed by atoms with Crippen LogP contribution in [0, 0.1) is 5.92 Å². The molecule has 3 rings (SSSR count). The number of nitrogens with zero attached hydrogens (tertiary/aromatic N) is 1. The van der Waals surface area contributed by atoms with Gasteiger partial charge in [0.2, 0.25) is 5.91 Å². The minimum Gasteiger partial charge on any atom is -0.494 e. The van der Waals surface area contributed by atoms with E-state index in [1.54, 1.807) is 12.0 Å². The molecule has 1 saturated heterocycles. The molecular formula is C22H31NO5. The van der Waals surface area contributed by atoms with E-state index in [9.17, 15) is 14.7 Å². The van der Waals surface area contributed by atoms with E-state index >= 15 is 0 Å². The predicted molar refractivity (Wildman–Crippen MR) is 105 cm³/mol. The van der Waals surface area contributed by atoms with Crippen molar-refractivity contribution < 1.29 is 24.2 Å². The zero-order chi connectivity index (χ0) is 19.9. The number of ether oxygens (including phenoxy) is 2. The Kier molecular flexibility index (Phi) is 7.31. The summed E-state index contributed by atoms with van der Waals surface area (Å²) in [4.78, 5) is 26.1. The number of aliphatic carboxylic acids is 1. The largest absolute Gasteiger partial charge is 0.494 e. The number of carboxylic acids is 1. The minimum atomic E-state index is -0.868. The number of benzene rings is 1. The highest BCUT2D eigenvalue weighted by Gasteiger charge is 2.47. The molecule has 3 unspecified atom stereocenters. The van der Waals surface area contributed by atoms with Crippen LogP contribution in [0.15, 0.2) is 24.3 Å². The van der Waals surface area contributed by atoms with Crippen LogP contribution in [0.1, 0.15) is 50.5 Å². The molecule has 1 aromatic carbocycles. The van der Waals surface area contributed by atoms with Crippen LogP contribution in [0.3, 0.4) is 0 Å². The van der Waals surface area contributed by atoms with Crippen molar-refractivity contribution in [1.29, 1.82) is 0 Å². The summed E-state index contributed by atoms with van der Waals surface area (Å²) in [5.41, 5.74) is 1.19. The number of methoxy groups -OCH3 is 1. The van der Waals surface area contributed by atoms with Gasteiger partial charge in [-0.25, -0.2) is 4.79 Å². The zero-order valence-corrected chi connectivity index (χ0v) is 16.6. The molecule has 1 aromatic rings. The van der Waals surface area contributed by atoms with E-state index in [4.69, 9.17) is 9.47 Å². The minimum absolute atomic E-state index is 0.0414. The number of likely N-dealkylation sites (tertiary alicyclic amines) is 1. The lowest BCUT2D eigenvalue weighted by Gasteiger charge is -2.33. The number of carbonyl (C=O) groups excluding carboxylic acids is 1. The molecule has 28 heavy (non-hydrogen) atoms. The van der Waals surface area contributed by atoms with Crippen LogP contribution < -0.4 is 4.74 Å². The number of carbonyl (C=O) groups is 2. The Morgan fingerprint density at radius 3 is 2.61 bits per heavy atom. The molecule has 0 spiro atoms. The van der Waals surface area contributed by atoms with Gasteiger partial charge < -0.3 is 19.5 Å². The van der Waals surface area contributed by atoms with Crippen molar-refractivity contribution in [3.63, 3.8) is 0 Å². The molecule has 6 heteroatoms.